The molecule has 2 aromatic heterocycles. The van der Waals surface area contributed by atoms with Crippen molar-refractivity contribution in [3.8, 4) is 11.3 Å². The predicted octanol–water partition coefficient (Wildman–Crippen LogP) is 2.58. The number of aryl methyl sites for hydroxylation is 1. The van der Waals surface area contributed by atoms with E-state index in [9.17, 15) is 4.79 Å². The maximum atomic E-state index is 11.8. The molecule has 0 saturated carbocycles. The third kappa shape index (κ3) is 2.68. The van der Waals surface area contributed by atoms with Gasteiger partial charge in [-0.1, -0.05) is 28.9 Å². The Morgan fingerprint density at radius 1 is 1.38 bits per heavy atom. The van der Waals surface area contributed by atoms with Gasteiger partial charge in [0, 0.05) is 43.9 Å². The summed E-state index contributed by atoms with van der Waals surface area (Å²) in [6.45, 7) is 2.22. The molecule has 1 N–H and O–H groups in total. The lowest BCUT2D eigenvalue weighted by molar-refractivity contribution is 0.231. The molecule has 1 aliphatic rings. The molecular weight excluding hydrogens is 328 g/mol. The van der Waals surface area contributed by atoms with E-state index >= 15 is 0 Å². The number of benzene rings is 1. The van der Waals surface area contributed by atoms with Crippen LogP contribution in [0.15, 0.2) is 39.6 Å². The Balaban J connectivity index is 1.52. The molecule has 1 aliphatic heterocycles. The highest BCUT2D eigenvalue weighted by Gasteiger charge is 2.23. The predicted molar refractivity (Wildman–Crippen MR) is 90.8 cm³/mol. The molecule has 24 heavy (non-hydrogen) atoms. The Hall–Kier alpha value is -2.31. The van der Waals surface area contributed by atoms with Gasteiger partial charge in [0.05, 0.1) is 16.4 Å². The van der Waals surface area contributed by atoms with E-state index in [-0.39, 0.29) is 5.56 Å². The van der Waals surface area contributed by atoms with Crippen molar-refractivity contribution in [1.29, 1.82) is 0 Å². The van der Waals surface area contributed by atoms with Crippen LogP contribution in [-0.4, -0.2) is 26.4 Å². The molecule has 0 radical (unpaired) electrons. The van der Waals surface area contributed by atoms with Crippen molar-refractivity contribution in [3.05, 3.63) is 62.7 Å². The van der Waals surface area contributed by atoms with Crippen molar-refractivity contribution in [3.63, 3.8) is 0 Å². The molecule has 6 nitrogen and oxygen atoms in total. The highest BCUT2D eigenvalue weighted by molar-refractivity contribution is 6.33. The van der Waals surface area contributed by atoms with E-state index in [1.807, 2.05) is 42.1 Å². The molecule has 0 unspecified atom stereocenters. The Labute approximate surface area is 143 Å². The molecule has 4 rings (SSSR count). The van der Waals surface area contributed by atoms with Crippen molar-refractivity contribution < 1.29 is 4.52 Å². The Bertz CT molecular complexity index is 940. The van der Waals surface area contributed by atoms with E-state index in [2.05, 4.69) is 15.2 Å². The maximum absolute atomic E-state index is 11.8. The van der Waals surface area contributed by atoms with Gasteiger partial charge in [0.15, 0.2) is 5.76 Å². The molecule has 3 heterocycles. The summed E-state index contributed by atoms with van der Waals surface area (Å²) in [6, 6.07) is 9.47. The quantitative estimate of drug-likeness (QED) is 0.793. The van der Waals surface area contributed by atoms with Crippen molar-refractivity contribution >= 4 is 11.6 Å². The van der Waals surface area contributed by atoms with Crippen molar-refractivity contribution in [2.45, 2.75) is 19.5 Å². The molecule has 0 saturated heterocycles. The summed E-state index contributed by atoms with van der Waals surface area (Å²) in [5.74, 6) is 0.669. The number of aromatic nitrogens is 3. The van der Waals surface area contributed by atoms with Gasteiger partial charge in [-0.2, -0.15) is 0 Å². The molecule has 3 aromatic rings. The SMILES string of the molecule is Cn1[nH]c(=O)c2c1CN(Cc1cc(-c3ccccc3Cl)on1)CC2. The Morgan fingerprint density at radius 3 is 3.04 bits per heavy atom. The summed E-state index contributed by atoms with van der Waals surface area (Å²) in [5.41, 5.74) is 3.65. The lowest BCUT2D eigenvalue weighted by atomic mass is 10.1. The summed E-state index contributed by atoms with van der Waals surface area (Å²) in [6.07, 6.45) is 0.751. The average molecular weight is 345 g/mol. The number of aromatic amines is 1. The fourth-order valence-corrected chi connectivity index (χ4v) is 3.41. The van der Waals surface area contributed by atoms with Crippen LogP contribution in [0.4, 0.5) is 0 Å². The molecule has 0 atom stereocenters. The van der Waals surface area contributed by atoms with E-state index in [0.717, 1.165) is 42.0 Å². The van der Waals surface area contributed by atoms with Gasteiger partial charge in [-0.3, -0.25) is 19.5 Å². The third-order valence-corrected chi connectivity index (χ3v) is 4.76. The van der Waals surface area contributed by atoms with Gasteiger partial charge in [-0.25, -0.2) is 0 Å². The molecule has 0 amide bonds. The van der Waals surface area contributed by atoms with Gasteiger partial charge in [0.2, 0.25) is 0 Å². The summed E-state index contributed by atoms with van der Waals surface area (Å²) in [7, 11) is 1.87. The lowest BCUT2D eigenvalue weighted by Gasteiger charge is -2.25. The van der Waals surface area contributed by atoms with Crippen LogP contribution in [0.1, 0.15) is 17.0 Å². The number of halogens is 1. The first-order valence-electron chi connectivity index (χ1n) is 7.81. The van der Waals surface area contributed by atoms with Gasteiger partial charge >= 0.3 is 0 Å². The topological polar surface area (TPSA) is 67.1 Å². The van der Waals surface area contributed by atoms with Gasteiger partial charge in [0.1, 0.15) is 0 Å². The number of hydrogen-bond donors (Lipinski definition) is 1. The van der Waals surface area contributed by atoms with Crippen LogP contribution < -0.4 is 5.56 Å². The Kier molecular flexibility index (Phi) is 3.78. The smallest absolute Gasteiger partial charge is 0.267 e. The largest absolute Gasteiger partial charge is 0.356 e. The minimum absolute atomic E-state index is 0.0228. The van der Waals surface area contributed by atoms with E-state index < -0.39 is 0 Å². The fraction of sp³-hybridized carbons (Fsp3) is 0.294. The van der Waals surface area contributed by atoms with E-state index in [1.54, 1.807) is 0 Å². The van der Waals surface area contributed by atoms with Crippen molar-refractivity contribution in [2.75, 3.05) is 6.54 Å². The zero-order chi connectivity index (χ0) is 16.7. The number of nitrogens with one attached hydrogen (secondary N) is 1. The first-order chi connectivity index (χ1) is 11.6. The molecule has 0 bridgehead atoms. The molecular formula is C17H17ClN4O2. The van der Waals surface area contributed by atoms with Crippen molar-refractivity contribution in [2.24, 2.45) is 7.05 Å². The minimum Gasteiger partial charge on any atom is -0.356 e. The summed E-state index contributed by atoms with van der Waals surface area (Å²) >= 11 is 6.20. The second kappa shape index (κ2) is 5.96. The fourth-order valence-electron chi connectivity index (χ4n) is 3.18. The minimum atomic E-state index is 0.0228. The monoisotopic (exact) mass is 344 g/mol. The van der Waals surface area contributed by atoms with Gasteiger partial charge in [-0.15, -0.1) is 0 Å². The van der Waals surface area contributed by atoms with Gasteiger partial charge in [-0.05, 0) is 18.6 Å². The van der Waals surface area contributed by atoms with E-state index in [0.29, 0.717) is 17.3 Å². The zero-order valence-corrected chi connectivity index (χ0v) is 14.0. The molecule has 0 aliphatic carbocycles. The molecule has 0 fully saturated rings. The Morgan fingerprint density at radius 2 is 2.21 bits per heavy atom. The van der Waals surface area contributed by atoms with Gasteiger partial charge in [0.25, 0.3) is 5.56 Å². The standard InChI is InChI=1S/C17H17ClN4O2/c1-21-15-10-22(7-6-13(15)17(23)19-21)9-11-8-16(24-20-11)12-4-2-3-5-14(12)18/h2-5,8H,6-7,9-10H2,1H3,(H,19,23). The number of rotatable bonds is 3. The van der Waals surface area contributed by atoms with Crippen LogP contribution in [0.3, 0.4) is 0 Å². The molecule has 1 aromatic carbocycles. The number of nitrogens with zero attached hydrogens (tertiary/aromatic N) is 3. The van der Waals surface area contributed by atoms with E-state index in [1.165, 1.54) is 0 Å². The molecule has 0 spiro atoms. The number of hydrogen-bond acceptors (Lipinski definition) is 4. The number of fused-ring (bicyclic) bond motifs is 1. The lowest BCUT2D eigenvalue weighted by Crippen LogP contribution is -2.32. The van der Waals surface area contributed by atoms with Crippen LogP contribution >= 0.6 is 11.6 Å². The zero-order valence-electron chi connectivity index (χ0n) is 13.3. The van der Waals surface area contributed by atoms with Crippen LogP contribution in [0.25, 0.3) is 11.3 Å². The van der Waals surface area contributed by atoms with Gasteiger partial charge < -0.3 is 4.52 Å². The maximum Gasteiger partial charge on any atom is 0.267 e. The van der Waals surface area contributed by atoms with Crippen LogP contribution in [-0.2, 0) is 26.6 Å². The third-order valence-electron chi connectivity index (χ3n) is 4.43. The van der Waals surface area contributed by atoms with Crippen LogP contribution in [0.5, 0.6) is 0 Å². The summed E-state index contributed by atoms with van der Waals surface area (Å²) in [4.78, 5) is 14.1. The first kappa shape index (κ1) is 15.2. The van der Waals surface area contributed by atoms with E-state index in [4.69, 9.17) is 16.1 Å². The second-order valence-electron chi connectivity index (χ2n) is 6.05. The summed E-state index contributed by atoms with van der Waals surface area (Å²) in [5, 5.41) is 7.62. The highest BCUT2D eigenvalue weighted by atomic mass is 35.5. The average Bonchev–Trinajstić information content (AvgIpc) is 3.13. The van der Waals surface area contributed by atoms with Crippen LogP contribution in [0, 0.1) is 0 Å². The summed E-state index contributed by atoms with van der Waals surface area (Å²) < 4.78 is 7.26. The van der Waals surface area contributed by atoms with Crippen molar-refractivity contribution in [1.82, 2.24) is 19.8 Å². The molecule has 124 valence electrons. The second-order valence-corrected chi connectivity index (χ2v) is 6.46. The van der Waals surface area contributed by atoms with Crippen LogP contribution in [0.2, 0.25) is 5.02 Å². The first-order valence-corrected chi connectivity index (χ1v) is 8.19. The number of H-pyrrole nitrogens is 1. The normalized spacial score (nSPS) is 14.8. The molecule has 7 heteroatoms. The highest BCUT2D eigenvalue weighted by Crippen LogP contribution is 2.28.